The summed E-state index contributed by atoms with van der Waals surface area (Å²) in [5.41, 5.74) is 0.0253. The van der Waals surface area contributed by atoms with Crippen LogP contribution in [0.2, 0.25) is 0 Å². The number of aryl methyl sites for hydroxylation is 1. The first-order chi connectivity index (χ1) is 8.89. The van der Waals surface area contributed by atoms with Crippen molar-refractivity contribution in [2.75, 3.05) is 13.1 Å². The monoisotopic (exact) mass is 275 g/mol. The molecule has 1 heterocycles. The van der Waals surface area contributed by atoms with Gasteiger partial charge in [0.25, 0.3) is 0 Å². The summed E-state index contributed by atoms with van der Waals surface area (Å²) in [6, 6.07) is 3.26. The molecule has 2 atom stereocenters. The normalized spacial score (nSPS) is 22.3. The summed E-state index contributed by atoms with van der Waals surface area (Å²) in [5, 5.41) is 3.12. The molecule has 0 bridgehead atoms. The van der Waals surface area contributed by atoms with E-state index in [1.807, 2.05) is 0 Å². The van der Waals surface area contributed by atoms with Gasteiger partial charge in [-0.3, -0.25) is 0 Å². The Morgan fingerprint density at radius 1 is 1.32 bits per heavy atom. The van der Waals surface area contributed by atoms with Gasteiger partial charge in [0.05, 0.1) is 5.56 Å². The minimum Gasteiger partial charge on any atom is -0.316 e. The number of rotatable bonds is 2. The van der Waals surface area contributed by atoms with Crippen LogP contribution in [0.25, 0.3) is 0 Å². The van der Waals surface area contributed by atoms with E-state index in [0.717, 1.165) is 31.5 Å². The van der Waals surface area contributed by atoms with Crippen molar-refractivity contribution in [2.24, 2.45) is 5.92 Å². The number of benzene rings is 1. The maximum absolute atomic E-state index is 14.4. The van der Waals surface area contributed by atoms with E-state index in [9.17, 15) is 17.6 Å². The van der Waals surface area contributed by atoms with Gasteiger partial charge in [0, 0.05) is 12.5 Å². The van der Waals surface area contributed by atoms with Crippen LogP contribution >= 0.6 is 0 Å². The zero-order valence-corrected chi connectivity index (χ0v) is 10.7. The Balaban J connectivity index is 2.20. The van der Waals surface area contributed by atoms with Crippen LogP contribution in [0.3, 0.4) is 0 Å². The number of hydrogen-bond donors (Lipinski definition) is 1. The largest absolute Gasteiger partial charge is 0.416 e. The fraction of sp³-hybridized carbons (Fsp3) is 0.571. The average Bonchev–Trinajstić information content (AvgIpc) is 2.38. The lowest BCUT2D eigenvalue weighted by Crippen LogP contribution is -2.32. The van der Waals surface area contributed by atoms with Crippen LogP contribution in [0.4, 0.5) is 17.6 Å². The van der Waals surface area contributed by atoms with Crippen molar-refractivity contribution in [3.8, 4) is 0 Å². The highest BCUT2D eigenvalue weighted by Gasteiger charge is 2.32. The molecule has 0 spiro atoms. The van der Waals surface area contributed by atoms with Gasteiger partial charge in [0.2, 0.25) is 0 Å². The molecule has 1 N–H and O–H groups in total. The minimum absolute atomic E-state index is 0.149. The fourth-order valence-corrected chi connectivity index (χ4v) is 2.54. The van der Waals surface area contributed by atoms with Gasteiger partial charge in [0.1, 0.15) is 6.17 Å². The summed E-state index contributed by atoms with van der Waals surface area (Å²) < 4.78 is 52.0. The molecular formula is C14H17F4N. The van der Waals surface area contributed by atoms with E-state index in [2.05, 4.69) is 5.32 Å². The Hall–Kier alpha value is -1.10. The average molecular weight is 275 g/mol. The maximum atomic E-state index is 14.4. The first kappa shape index (κ1) is 14.3. The van der Waals surface area contributed by atoms with Crippen molar-refractivity contribution in [3.05, 3.63) is 34.9 Å². The molecule has 0 aromatic heterocycles. The topological polar surface area (TPSA) is 12.0 Å². The van der Waals surface area contributed by atoms with Gasteiger partial charge >= 0.3 is 6.18 Å². The summed E-state index contributed by atoms with van der Waals surface area (Å²) in [4.78, 5) is 0. The van der Waals surface area contributed by atoms with E-state index in [4.69, 9.17) is 0 Å². The molecule has 1 saturated heterocycles. The van der Waals surface area contributed by atoms with Crippen LogP contribution < -0.4 is 5.32 Å². The lowest BCUT2D eigenvalue weighted by Gasteiger charge is -2.27. The number of alkyl halides is 4. The molecule has 106 valence electrons. The van der Waals surface area contributed by atoms with E-state index in [0.29, 0.717) is 17.7 Å². The number of hydrogen-bond acceptors (Lipinski definition) is 1. The van der Waals surface area contributed by atoms with Gasteiger partial charge in [-0.1, -0.05) is 6.07 Å². The fourth-order valence-electron chi connectivity index (χ4n) is 2.54. The second-order valence-electron chi connectivity index (χ2n) is 5.08. The van der Waals surface area contributed by atoms with Gasteiger partial charge < -0.3 is 5.32 Å². The molecule has 19 heavy (non-hydrogen) atoms. The number of piperidine rings is 1. The van der Waals surface area contributed by atoms with E-state index in [1.165, 1.54) is 13.0 Å². The molecule has 1 aliphatic rings. The Labute approximate surface area is 110 Å². The molecule has 0 aliphatic carbocycles. The maximum Gasteiger partial charge on any atom is 0.416 e. The van der Waals surface area contributed by atoms with Crippen molar-refractivity contribution in [1.29, 1.82) is 0 Å². The molecule has 2 rings (SSSR count). The lowest BCUT2D eigenvalue weighted by molar-refractivity contribution is -0.137. The third-order valence-corrected chi connectivity index (χ3v) is 3.64. The Bertz CT molecular complexity index is 436. The zero-order valence-electron chi connectivity index (χ0n) is 10.7. The van der Waals surface area contributed by atoms with E-state index in [1.54, 1.807) is 0 Å². The highest BCUT2D eigenvalue weighted by Crippen LogP contribution is 2.36. The van der Waals surface area contributed by atoms with Crippen LogP contribution in [-0.2, 0) is 6.18 Å². The summed E-state index contributed by atoms with van der Waals surface area (Å²) >= 11 is 0. The smallest absolute Gasteiger partial charge is 0.316 e. The highest BCUT2D eigenvalue weighted by atomic mass is 19.4. The van der Waals surface area contributed by atoms with Crippen LogP contribution in [0.15, 0.2) is 18.2 Å². The Morgan fingerprint density at radius 3 is 2.58 bits per heavy atom. The van der Waals surface area contributed by atoms with Crippen LogP contribution in [0.5, 0.6) is 0 Å². The summed E-state index contributed by atoms with van der Waals surface area (Å²) in [6.07, 6.45) is -3.89. The van der Waals surface area contributed by atoms with Crippen molar-refractivity contribution in [2.45, 2.75) is 32.1 Å². The molecule has 0 radical (unpaired) electrons. The van der Waals surface area contributed by atoms with E-state index < -0.39 is 17.9 Å². The van der Waals surface area contributed by atoms with Gasteiger partial charge in [-0.2, -0.15) is 13.2 Å². The molecule has 1 fully saturated rings. The predicted molar refractivity (Wildman–Crippen MR) is 65.6 cm³/mol. The molecule has 5 heteroatoms. The van der Waals surface area contributed by atoms with Crippen LogP contribution in [0.1, 0.15) is 35.7 Å². The van der Waals surface area contributed by atoms with Crippen LogP contribution in [0, 0.1) is 12.8 Å². The molecule has 1 nitrogen and oxygen atoms in total. The minimum atomic E-state index is -4.37. The van der Waals surface area contributed by atoms with Crippen LogP contribution in [-0.4, -0.2) is 13.1 Å². The second kappa shape index (κ2) is 5.49. The SMILES string of the molecule is Cc1cc(C(F)(F)F)ccc1C(F)C1CCCNC1. The quantitative estimate of drug-likeness (QED) is 0.804. The predicted octanol–water partition coefficient (Wildman–Crippen LogP) is 4.02. The van der Waals surface area contributed by atoms with Gasteiger partial charge in [0.15, 0.2) is 0 Å². The first-order valence-corrected chi connectivity index (χ1v) is 6.42. The summed E-state index contributed by atoms with van der Waals surface area (Å²) in [6.45, 7) is 3.00. The van der Waals surface area contributed by atoms with Gasteiger partial charge in [-0.15, -0.1) is 0 Å². The summed E-state index contributed by atoms with van der Waals surface area (Å²) in [5.74, 6) is -0.149. The molecule has 1 aromatic rings. The third-order valence-electron chi connectivity index (χ3n) is 3.64. The molecule has 0 saturated carbocycles. The Morgan fingerprint density at radius 2 is 2.05 bits per heavy atom. The van der Waals surface area contributed by atoms with Crippen molar-refractivity contribution in [1.82, 2.24) is 5.32 Å². The second-order valence-corrected chi connectivity index (χ2v) is 5.08. The molecule has 1 aromatic carbocycles. The third kappa shape index (κ3) is 3.26. The van der Waals surface area contributed by atoms with Crippen molar-refractivity contribution in [3.63, 3.8) is 0 Å². The van der Waals surface area contributed by atoms with E-state index >= 15 is 0 Å². The van der Waals surface area contributed by atoms with Crippen molar-refractivity contribution < 1.29 is 17.6 Å². The molecule has 0 amide bonds. The highest BCUT2D eigenvalue weighted by molar-refractivity contribution is 5.34. The number of halogens is 4. The standard InChI is InChI=1S/C14H17F4N/c1-9-7-11(14(16,17)18)4-5-12(9)13(15)10-3-2-6-19-8-10/h4-5,7,10,13,19H,2-3,6,8H2,1H3. The van der Waals surface area contributed by atoms with Gasteiger partial charge in [-0.05, 0) is 49.6 Å². The molecule has 1 aliphatic heterocycles. The molecule has 2 unspecified atom stereocenters. The Kier molecular flexibility index (Phi) is 4.13. The van der Waals surface area contributed by atoms with Gasteiger partial charge in [-0.25, -0.2) is 4.39 Å². The van der Waals surface area contributed by atoms with Crippen molar-refractivity contribution >= 4 is 0 Å². The van der Waals surface area contributed by atoms with E-state index in [-0.39, 0.29) is 5.92 Å². The first-order valence-electron chi connectivity index (χ1n) is 6.42. The number of nitrogens with one attached hydrogen (secondary N) is 1. The molecular weight excluding hydrogens is 258 g/mol. The summed E-state index contributed by atoms with van der Waals surface area (Å²) in [7, 11) is 0. The lowest BCUT2D eigenvalue weighted by atomic mass is 9.88. The zero-order chi connectivity index (χ0) is 14.0.